The number of hydrogen-bond acceptors (Lipinski definition) is 6. The van der Waals surface area contributed by atoms with E-state index in [9.17, 15) is 4.79 Å². The van der Waals surface area contributed by atoms with Gasteiger partial charge in [0.25, 0.3) is 0 Å². The van der Waals surface area contributed by atoms with Crippen molar-refractivity contribution in [2.45, 2.75) is 19.4 Å². The molecule has 2 aromatic carbocycles. The molecule has 0 spiro atoms. The molecule has 1 aliphatic rings. The van der Waals surface area contributed by atoms with Gasteiger partial charge in [0.1, 0.15) is 6.04 Å². The molecule has 1 aliphatic heterocycles. The van der Waals surface area contributed by atoms with Crippen LogP contribution in [0.15, 0.2) is 48.5 Å². The monoisotopic (exact) mass is 449 g/mol. The number of carbonyl (C=O) groups is 1. The van der Waals surface area contributed by atoms with Gasteiger partial charge in [0, 0.05) is 50.2 Å². The van der Waals surface area contributed by atoms with Crippen molar-refractivity contribution in [2.24, 2.45) is 0 Å². The minimum atomic E-state index is -0.904. The van der Waals surface area contributed by atoms with E-state index < -0.39 is 12.0 Å². The van der Waals surface area contributed by atoms with Crippen molar-refractivity contribution in [3.05, 3.63) is 48.5 Å². The number of ether oxygens (including phenoxy) is 2. The summed E-state index contributed by atoms with van der Waals surface area (Å²) >= 11 is 0. The van der Waals surface area contributed by atoms with Crippen LogP contribution in [-0.2, 0) is 4.79 Å². The number of hydrogen-bond donors (Lipinski definition) is 2. The molecule has 0 bridgehead atoms. The zero-order valence-electron chi connectivity index (χ0n) is 18.1. The summed E-state index contributed by atoms with van der Waals surface area (Å²) in [4.78, 5) is 15.9. The predicted octanol–water partition coefficient (Wildman–Crippen LogP) is 3.59. The lowest BCUT2D eigenvalue weighted by Gasteiger charge is -2.36. The minimum Gasteiger partial charge on any atom is -0.493 e. The Morgan fingerprint density at radius 2 is 1.81 bits per heavy atom. The van der Waals surface area contributed by atoms with Crippen LogP contribution < -0.4 is 19.7 Å². The number of aliphatic carboxylic acids is 1. The van der Waals surface area contributed by atoms with Crippen molar-refractivity contribution in [3.63, 3.8) is 0 Å². The summed E-state index contributed by atoms with van der Waals surface area (Å²) in [6, 6.07) is 15.3. The number of methoxy groups -OCH3 is 1. The second-order valence-corrected chi connectivity index (χ2v) is 7.44. The molecule has 8 heteroatoms. The van der Waals surface area contributed by atoms with Gasteiger partial charge in [-0.05, 0) is 37.6 Å². The van der Waals surface area contributed by atoms with Crippen molar-refractivity contribution in [3.8, 4) is 11.5 Å². The van der Waals surface area contributed by atoms with Gasteiger partial charge in [-0.15, -0.1) is 12.4 Å². The van der Waals surface area contributed by atoms with Crippen molar-refractivity contribution in [2.75, 3.05) is 56.7 Å². The van der Waals surface area contributed by atoms with Gasteiger partial charge in [-0.1, -0.05) is 18.2 Å². The Balaban J connectivity index is 0.00000341. The fraction of sp³-hybridized carbons (Fsp3) is 0.435. The summed E-state index contributed by atoms with van der Waals surface area (Å²) in [6.07, 6.45) is 0.935. The number of carboxylic acid groups (broad SMARTS) is 1. The first-order valence-electron chi connectivity index (χ1n) is 10.4. The van der Waals surface area contributed by atoms with Crippen LogP contribution in [0.25, 0.3) is 0 Å². The molecule has 2 N–H and O–H groups in total. The quantitative estimate of drug-likeness (QED) is 0.537. The fourth-order valence-corrected chi connectivity index (χ4v) is 3.53. The molecule has 0 amide bonds. The molecule has 1 atom stereocenters. The maximum absolute atomic E-state index is 11.0. The molecule has 7 nitrogen and oxygen atoms in total. The van der Waals surface area contributed by atoms with E-state index in [1.54, 1.807) is 26.2 Å². The Hall–Kier alpha value is -2.64. The van der Waals surface area contributed by atoms with Crippen LogP contribution >= 0.6 is 12.4 Å². The topological polar surface area (TPSA) is 74.3 Å². The molecule has 0 saturated carbocycles. The van der Waals surface area contributed by atoms with Crippen LogP contribution in [0.2, 0.25) is 0 Å². The zero-order valence-corrected chi connectivity index (χ0v) is 18.9. The SMILES string of the molecule is COc1cc(NC(C)C(=O)O)ccc1OCCCN1CCN(c2ccccc2)CC1.Cl. The maximum Gasteiger partial charge on any atom is 0.325 e. The van der Waals surface area contributed by atoms with E-state index in [1.807, 2.05) is 6.07 Å². The number of piperazine rings is 1. The molecule has 1 saturated heterocycles. The van der Waals surface area contributed by atoms with Crippen molar-refractivity contribution in [1.82, 2.24) is 4.90 Å². The van der Waals surface area contributed by atoms with Gasteiger partial charge in [-0.25, -0.2) is 0 Å². The van der Waals surface area contributed by atoms with E-state index in [0.29, 0.717) is 23.8 Å². The molecule has 1 heterocycles. The highest BCUT2D eigenvalue weighted by atomic mass is 35.5. The number of nitrogens with zero attached hydrogens (tertiary/aromatic N) is 2. The summed E-state index contributed by atoms with van der Waals surface area (Å²) in [6.45, 7) is 7.40. The van der Waals surface area contributed by atoms with Gasteiger partial charge in [0.15, 0.2) is 11.5 Å². The number of anilines is 2. The Labute approximate surface area is 190 Å². The summed E-state index contributed by atoms with van der Waals surface area (Å²) in [5.74, 6) is 0.355. The predicted molar refractivity (Wildman–Crippen MR) is 126 cm³/mol. The summed E-state index contributed by atoms with van der Waals surface area (Å²) in [5.41, 5.74) is 1.98. The largest absolute Gasteiger partial charge is 0.493 e. The normalized spacial score (nSPS) is 15.0. The zero-order chi connectivity index (χ0) is 21.3. The number of nitrogens with one attached hydrogen (secondary N) is 1. The molecule has 1 unspecified atom stereocenters. The number of carboxylic acids is 1. The smallest absolute Gasteiger partial charge is 0.325 e. The maximum atomic E-state index is 11.0. The molecule has 0 aromatic heterocycles. The molecule has 31 heavy (non-hydrogen) atoms. The third-order valence-corrected chi connectivity index (χ3v) is 5.29. The van der Waals surface area contributed by atoms with Crippen molar-refractivity contribution in [1.29, 1.82) is 0 Å². The Morgan fingerprint density at radius 3 is 2.45 bits per heavy atom. The van der Waals surface area contributed by atoms with Gasteiger partial charge >= 0.3 is 5.97 Å². The molecule has 2 aromatic rings. The van der Waals surface area contributed by atoms with Crippen LogP contribution in [0.5, 0.6) is 11.5 Å². The summed E-state index contributed by atoms with van der Waals surface area (Å²) < 4.78 is 11.3. The molecule has 170 valence electrons. The first kappa shape index (κ1) is 24.6. The fourth-order valence-electron chi connectivity index (χ4n) is 3.53. The lowest BCUT2D eigenvalue weighted by Crippen LogP contribution is -2.46. The first-order chi connectivity index (χ1) is 14.6. The standard InChI is InChI=1S/C23H31N3O4.ClH/c1-18(23(27)28)24-19-9-10-21(22(17-19)29-2)30-16-6-11-25-12-14-26(15-13-25)20-7-4-3-5-8-20;/h3-5,7-10,17-18,24H,6,11-16H2,1-2H3,(H,27,28);1H. The van der Waals surface area contributed by atoms with Gasteiger partial charge in [-0.2, -0.15) is 0 Å². The number of halogens is 1. The Morgan fingerprint density at radius 1 is 1.10 bits per heavy atom. The van der Waals surface area contributed by atoms with E-state index in [-0.39, 0.29) is 12.4 Å². The Bertz CT molecular complexity index is 814. The van der Waals surface area contributed by atoms with E-state index >= 15 is 0 Å². The number of rotatable bonds is 10. The molecule has 0 radical (unpaired) electrons. The summed E-state index contributed by atoms with van der Waals surface area (Å²) in [5, 5.41) is 11.9. The van der Waals surface area contributed by atoms with E-state index in [0.717, 1.165) is 39.1 Å². The van der Waals surface area contributed by atoms with Crippen LogP contribution in [0.3, 0.4) is 0 Å². The highest BCUT2D eigenvalue weighted by Gasteiger charge is 2.17. The van der Waals surface area contributed by atoms with Crippen LogP contribution in [0.4, 0.5) is 11.4 Å². The van der Waals surface area contributed by atoms with Crippen molar-refractivity contribution < 1.29 is 19.4 Å². The van der Waals surface area contributed by atoms with Gasteiger partial charge in [-0.3, -0.25) is 9.69 Å². The van der Waals surface area contributed by atoms with Gasteiger partial charge in [0.05, 0.1) is 13.7 Å². The first-order valence-corrected chi connectivity index (χ1v) is 10.4. The third-order valence-electron chi connectivity index (χ3n) is 5.29. The van der Waals surface area contributed by atoms with Gasteiger partial charge < -0.3 is 24.8 Å². The average Bonchev–Trinajstić information content (AvgIpc) is 2.78. The highest BCUT2D eigenvalue weighted by molar-refractivity contribution is 5.85. The number of benzene rings is 2. The number of para-hydroxylation sites is 1. The van der Waals surface area contributed by atoms with Crippen LogP contribution in [0.1, 0.15) is 13.3 Å². The second kappa shape index (κ2) is 12.3. The van der Waals surface area contributed by atoms with E-state index in [1.165, 1.54) is 5.69 Å². The Kier molecular flexibility index (Phi) is 9.75. The van der Waals surface area contributed by atoms with Crippen molar-refractivity contribution >= 4 is 29.8 Å². The van der Waals surface area contributed by atoms with Crippen LogP contribution in [0, 0.1) is 0 Å². The minimum absolute atomic E-state index is 0. The van der Waals surface area contributed by atoms with Gasteiger partial charge in [0.2, 0.25) is 0 Å². The lowest BCUT2D eigenvalue weighted by molar-refractivity contribution is -0.137. The average molecular weight is 450 g/mol. The molecular weight excluding hydrogens is 418 g/mol. The van der Waals surface area contributed by atoms with E-state index in [2.05, 4.69) is 45.4 Å². The molecular formula is C23H32ClN3O4. The molecule has 0 aliphatic carbocycles. The third kappa shape index (κ3) is 7.22. The van der Waals surface area contributed by atoms with E-state index in [4.69, 9.17) is 14.6 Å². The molecule has 1 fully saturated rings. The van der Waals surface area contributed by atoms with Crippen LogP contribution in [-0.4, -0.2) is 68.5 Å². The molecule has 3 rings (SSSR count). The second-order valence-electron chi connectivity index (χ2n) is 7.44. The highest BCUT2D eigenvalue weighted by Crippen LogP contribution is 2.30. The summed E-state index contributed by atoms with van der Waals surface area (Å²) in [7, 11) is 1.58. The lowest BCUT2D eigenvalue weighted by atomic mass is 10.2.